The predicted molar refractivity (Wildman–Crippen MR) is 81.7 cm³/mol. The van der Waals surface area contributed by atoms with Crippen LogP contribution in [0, 0.1) is 0 Å². The Morgan fingerprint density at radius 3 is 2.50 bits per heavy atom. The summed E-state index contributed by atoms with van der Waals surface area (Å²) < 4.78 is 5.32. The number of carbonyl (C=O) groups excluding carboxylic acids is 1. The lowest BCUT2D eigenvalue weighted by Gasteiger charge is -2.23. The third-order valence-corrected chi connectivity index (χ3v) is 3.27. The van der Waals surface area contributed by atoms with Gasteiger partial charge in [0.15, 0.2) is 0 Å². The van der Waals surface area contributed by atoms with Gasteiger partial charge in [-0.3, -0.25) is 9.69 Å². The Morgan fingerprint density at radius 1 is 1.30 bits per heavy atom. The van der Waals surface area contributed by atoms with Crippen molar-refractivity contribution in [3.05, 3.63) is 23.8 Å². The molecule has 1 aromatic rings. The Labute approximate surface area is 121 Å². The van der Waals surface area contributed by atoms with Crippen LogP contribution in [0.25, 0.3) is 0 Å². The number of benzene rings is 1. The maximum absolute atomic E-state index is 12.1. The molecule has 112 valence electrons. The Balaban J connectivity index is 2.68. The first-order valence-electron chi connectivity index (χ1n) is 6.90. The van der Waals surface area contributed by atoms with Gasteiger partial charge in [0.25, 0.3) is 0 Å². The van der Waals surface area contributed by atoms with Crippen LogP contribution in [-0.2, 0) is 11.3 Å². The van der Waals surface area contributed by atoms with E-state index in [9.17, 15) is 4.79 Å². The number of anilines is 1. The van der Waals surface area contributed by atoms with Gasteiger partial charge in [-0.1, -0.05) is 0 Å². The van der Waals surface area contributed by atoms with Gasteiger partial charge in [-0.05, 0) is 39.1 Å². The molecule has 0 saturated heterocycles. The first-order chi connectivity index (χ1) is 9.51. The zero-order valence-electron chi connectivity index (χ0n) is 12.8. The van der Waals surface area contributed by atoms with Crippen molar-refractivity contribution < 1.29 is 9.53 Å². The lowest BCUT2D eigenvalue weighted by atomic mass is 10.1. The molecule has 5 nitrogen and oxygen atoms in total. The highest BCUT2D eigenvalue weighted by atomic mass is 16.5. The van der Waals surface area contributed by atoms with Crippen LogP contribution >= 0.6 is 0 Å². The van der Waals surface area contributed by atoms with E-state index in [1.165, 1.54) is 0 Å². The standard InChI is InChI=1S/C15H25N3O2/c1-5-18(6-2)15(19)11-17(3)10-12-9-13(16)7-8-14(12)20-4/h7-9H,5-6,10-11,16H2,1-4H3. The van der Waals surface area contributed by atoms with Crippen molar-refractivity contribution in [2.45, 2.75) is 20.4 Å². The largest absolute Gasteiger partial charge is 0.496 e. The number of hydrogen-bond donors (Lipinski definition) is 1. The average molecular weight is 279 g/mol. The topological polar surface area (TPSA) is 58.8 Å². The van der Waals surface area contributed by atoms with Gasteiger partial charge in [0, 0.05) is 30.9 Å². The number of amides is 1. The lowest BCUT2D eigenvalue weighted by molar-refractivity contribution is -0.131. The molecule has 0 aliphatic carbocycles. The highest BCUT2D eigenvalue weighted by molar-refractivity contribution is 5.78. The van der Waals surface area contributed by atoms with Crippen LogP contribution in [0.2, 0.25) is 0 Å². The normalized spacial score (nSPS) is 10.7. The maximum atomic E-state index is 12.1. The van der Waals surface area contributed by atoms with Gasteiger partial charge < -0.3 is 15.4 Å². The van der Waals surface area contributed by atoms with Crippen LogP contribution in [0.4, 0.5) is 5.69 Å². The minimum Gasteiger partial charge on any atom is -0.496 e. The second-order valence-corrected chi connectivity index (χ2v) is 4.81. The molecule has 0 aliphatic heterocycles. The molecule has 1 amide bonds. The van der Waals surface area contributed by atoms with E-state index in [1.54, 1.807) is 7.11 Å². The molecular weight excluding hydrogens is 254 g/mol. The molecule has 0 unspecified atom stereocenters. The number of hydrogen-bond acceptors (Lipinski definition) is 4. The maximum Gasteiger partial charge on any atom is 0.236 e. The fourth-order valence-electron chi connectivity index (χ4n) is 2.18. The van der Waals surface area contributed by atoms with Crippen LogP contribution in [0.1, 0.15) is 19.4 Å². The molecule has 0 atom stereocenters. The predicted octanol–water partition coefficient (Wildman–Crippen LogP) is 1.58. The zero-order chi connectivity index (χ0) is 15.1. The van der Waals surface area contributed by atoms with Crippen molar-refractivity contribution >= 4 is 11.6 Å². The molecule has 0 heterocycles. The summed E-state index contributed by atoms with van der Waals surface area (Å²) in [5, 5.41) is 0. The minimum absolute atomic E-state index is 0.139. The second kappa shape index (κ2) is 7.75. The van der Waals surface area contributed by atoms with Crippen LogP contribution < -0.4 is 10.5 Å². The molecule has 2 N–H and O–H groups in total. The molecule has 0 saturated carbocycles. The SMILES string of the molecule is CCN(CC)C(=O)CN(C)Cc1cc(N)ccc1OC. The number of rotatable bonds is 7. The number of ether oxygens (including phenoxy) is 1. The molecule has 0 spiro atoms. The summed E-state index contributed by atoms with van der Waals surface area (Å²) in [4.78, 5) is 15.9. The van der Waals surface area contributed by atoms with E-state index in [0.717, 1.165) is 24.4 Å². The number of likely N-dealkylation sites (N-methyl/N-ethyl adjacent to an activating group) is 2. The minimum atomic E-state index is 0.139. The summed E-state index contributed by atoms with van der Waals surface area (Å²) in [7, 11) is 3.56. The molecular formula is C15H25N3O2. The van der Waals surface area contributed by atoms with Crippen molar-refractivity contribution in [1.82, 2.24) is 9.80 Å². The van der Waals surface area contributed by atoms with E-state index >= 15 is 0 Å². The van der Waals surface area contributed by atoms with E-state index < -0.39 is 0 Å². The van der Waals surface area contributed by atoms with Gasteiger partial charge in [-0.15, -0.1) is 0 Å². The van der Waals surface area contributed by atoms with Crippen molar-refractivity contribution in [1.29, 1.82) is 0 Å². The molecule has 0 aliphatic rings. The monoisotopic (exact) mass is 279 g/mol. The number of nitrogens with zero attached hydrogens (tertiary/aromatic N) is 2. The number of nitrogen functional groups attached to an aromatic ring is 1. The van der Waals surface area contributed by atoms with E-state index in [2.05, 4.69) is 0 Å². The van der Waals surface area contributed by atoms with Crippen LogP contribution in [0.5, 0.6) is 5.75 Å². The van der Waals surface area contributed by atoms with Gasteiger partial charge in [0.2, 0.25) is 5.91 Å². The molecule has 0 bridgehead atoms. The quantitative estimate of drug-likeness (QED) is 0.770. The van der Waals surface area contributed by atoms with Crippen molar-refractivity contribution in [2.24, 2.45) is 0 Å². The van der Waals surface area contributed by atoms with Gasteiger partial charge >= 0.3 is 0 Å². The summed E-state index contributed by atoms with van der Waals surface area (Å²) in [5.74, 6) is 0.932. The average Bonchev–Trinajstić information content (AvgIpc) is 2.40. The summed E-state index contributed by atoms with van der Waals surface area (Å²) in [6.45, 7) is 6.47. The molecule has 0 aromatic heterocycles. The van der Waals surface area contributed by atoms with Crippen molar-refractivity contribution in [3.63, 3.8) is 0 Å². The third-order valence-electron chi connectivity index (χ3n) is 3.27. The Bertz CT molecular complexity index is 445. The molecule has 5 heteroatoms. The molecule has 0 radical (unpaired) electrons. The summed E-state index contributed by atoms with van der Waals surface area (Å²) in [5.41, 5.74) is 7.49. The highest BCUT2D eigenvalue weighted by Crippen LogP contribution is 2.22. The van der Waals surface area contributed by atoms with E-state index in [1.807, 2.05) is 48.9 Å². The molecule has 1 aromatic carbocycles. The number of nitrogens with two attached hydrogens (primary N) is 1. The highest BCUT2D eigenvalue weighted by Gasteiger charge is 2.14. The zero-order valence-corrected chi connectivity index (χ0v) is 12.8. The van der Waals surface area contributed by atoms with Crippen molar-refractivity contribution in [3.8, 4) is 5.75 Å². The van der Waals surface area contributed by atoms with Crippen molar-refractivity contribution in [2.75, 3.05) is 39.5 Å². The number of carbonyl (C=O) groups is 1. The Morgan fingerprint density at radius 2 is 1.95 bits per heavy atom. The third kappa shape index (κ3) is 4.42. The first-order valence-corrected chi connectivity index (χ1v) is 6.90. The fourth-order valence-corrected chi connectivity index (χ4v) is 2.18. The number of methoxy groups -OCH3 is 1. The van der Waals surface area contributed by atoms with Crippen LogP contribution in [0.3, 0.4) is 0 Å². The van der Waals surface area contributed by atoms with Crippen LogP contribution in [-0.4, -0.2) is 49.5 Å². The van der Waals surface area contributed by atoms with Crippen LogP contribution in [0.15, 0.2) is 18.2 Å². The molecule has 1 rings (SSSR count). The second-order valence-electron chi connectivity index (χ2n) is 4.81. The van der Waals surface area contributed by atoms with Gasteiger partial charge in [-0.2, -0.15) is 0 Å². The van der Waals surface area contributed by atoms with E-state index in [4.69, 9.17) is 10.5 Å². The van der Waals surface area contributed by atoms with E-state index in [-0.39, 0.29) is 5.91 Å². The summed E-state index contributed by atoms with van der Waals surface area (Å²) in [6, 6.07) is 5.55. The molecule has 20 heavy (non-hydrogen) atoms. The fraction of sp³-hybridized carbons (Fsp3) is 0.533. The summed E-state index contributed by atoms with van der Waals surface area (Å²) >= 11 is 0. The Hall–Kier alpha value is -1.75. The van der Waals surface area contributed by atoms with E-state index in [0.29, 0.717) is 18.8 Å². The van der Waals surface area contributed by atoms with Gasteiger partial charge in [0.05, 0.1) is 13.7 Å². The summed E-state index contributed by atoms with van der Waals surface area (Å²) in [6.07, 6.45) is 0. The molecule has 0 fully saturated rings. The lowest BCUT2D eigenvalue weighted by Crippen LogP contribution is -2.38. The Kier molecular flexibility index (Phi) is 6.31. The first kappa shape index (κ1) is 16.3. The smallest absolute Gasteiger partial charge is 0.236 e. The van der Waals surface area contributed by atoms with Gasteiger partial charge in [0.1, 0.15) is 5.75 Å². The van der Waals surface area contributed by atoms with Gasteiger partial charge in [-0.25, -0.2) is 0 Å².